The zero-order chi connectivity index (χ0) is 12.1. The summed E-state index contributed by atoms with van der Waals surface area (Å²) in [5, 5.41) is 4.54. The Labute approximate surface area is 111 Å². The van der Waals surface area contributed by atoms with Gasteiger partial charge < -0.3 is 5.32 Å². The van der Waals surface area contributed by atoms with Crippen LogP contribution < -0.4 is 5.32 Å². The fraction of sp³-hybridized carbons (Fsp3) is 0.154. The topological polar surface area (TPSA) is 24.9 Å². The van der Waals surface area contributed by atoms with Crippen molar-refractivity contribution in [2.24, 2.45) is 0 Å². The van der Waals surface area contributed by atoms with E-state index < -0.39 is 0 Å². The molecule has 0 aliphatic carbocycles. The predicted molar refractivity (Wildman–Crippen MR) is 72.9 cm³/mol. The summed E-state index contributed by atoms with van der Waals surface area (Å²) in [6.07, 6.45) is 2.66. The molecule has 0 atom stereocenters. The average molecular weight is 267 g/mol. The highest BCUT2D eigenvalue weighted by Gasteiger charge is 2.00. The van der Waals surface area contributed by atoms with E-state index in [-0.39, 0.29) is 0 Å². The number of hydrogen-bond acceptors (Lipinski definition) is 2. The van der Waals surface area contributed by atoms with Gasteiger partial charge in [0.25, 0.3) is 0 Å². The highest BCUT2D eigenvalue weighted by Crippen LogP contribution is 2.25. The second-order valence-electron chi connectivity index (χ2n) is 3.62. The number of benzene rings is 1. The third-order valence-electron chi connectivity index (χ3n) is 2.35. The molecule has 4 heteroatoms. The van der Waals surface area contributed by atoms with E-state index >= 15 is 0 Å². The molecule has 1 N–H and O–H groups in total. The number of nitrogens with zero attached hydrogens (tertiary/aromatic N) is 1. The molecule has 2 rings (SSSR count). The molecule has 0 bridgehead atoms. The van der Waals surface area contributed by atoms with Gasteiger partial charge in [-0.2, -0.15) is 0 Å². The molecule has 0 aliphatic heterocycles. The molecule has 17 heavy (non-hydrogen) atoms. The first-order valence-corrected chi connectivity index (χ1v) is 6.10. The van der Waals surface area contributed by atoms with Crippen LogP contribution in [0.3, 0.4) is 0 Å². The minimum Gasteiger partial charge on any atom is -0.383 e. The smallest absolute Gasteiger partial charge is 0.0652 e. The summed E-state index contributed by atoms with van der Waals surface area (Å²) in [5.41, 5.74) is 1.96. The molecule has 0 aliphatic rings. The lowest BCUT2D eigenvalue weighted by Gasteiger charge is -2.08. The van der Waals surface area contributed by atoms with Gasteiger partial charge in [0, 0.05) is 29.9 Å². The minimum absolute atomic E-state index is 0.638. The van der Waals surface area contributed by atoms with Crippen molar-refractivity contribution in [3.8, 4) is 0 Å². The Balaban J connectivity index is 1.90. The second-order valence-corrected chi connectivity index (χ2v) is 4.47. The third-order valence-corrected chi connectivity index (χ3v) is 2.90. The highest BCUT2D eigenvalue weighted by atomic mass is 35.5. The first kappa shape index (κ1) is 12.2. The van der Waals surface area contributed by atoms with Gasteiger partial charge in [-0.05, 0) is 30.3 Å². The Morgan fingerprint density at radius 2 is 2.00 bits per heavy atom. The van der Waals surface area contributed by atoms with Crippen LogP contribution in [-0.4, -0.2) is 11.5 Å². The van der Waals surface area contributed by atoms with Crippen molar-refractivity contribution in [2.75, 3.05) is 11.9 Å². The molecule has 1 heterocycles. The summed E-state index contributed by atoms with van der Waals surface area (Å²) in [4.78, 5) is 4.25. The molecule has 2 nitrogen and oxygen atoms in total. The van der Waals surface area contributed by atoms with Crippen molar-refractivity contribution in [1.82, 2.24) is 4.98 Å². The highest BCUT2D eigenvalue weighted by molar-refractivity contribution is 6.36. The van der Waals surface area contributed by atoms with Gasteiger partial charge in [-0.3, -0.25) is 4.98 Å². The SMILES string of the molecule is Clc1ccc(NCCc2ccccn2)c(Cl)c1. The number of anilines is 1. The van der Waals surface area contributed by atoms with Crippen molar-refractivity contribution in [1.29, 1.82) is 0 Å². The lowest BCUT2D eigenvalue weighted by molar-refractivity contribution is 0.961. The van der Waals surface area contributed by atoms with Gasteiger partial charge in [0.15, 0.2) is 0 Å². The van der Waals surface area contributed by atoms with Gasteiger partial charge in [-0.1, -0.05) is 29.3 Å². The molecule has 0 radical (unpaired) electrons. The van der Waals surface area contributed by atoms with Crippen LogP contribution >= 0.6 is 23.2 Å². The minimum atomic E-state index is 0.638. The van der Waals surface area contributed by atoms with Crippen LogP contribution in [0.5, 0.6) is 0 Å². The van der Waals surface area contributed by atoms with Crippen LogP contribution in [0.1, 0.15) is 5.69 Å². The number of hydrogen-bond donors (Lipinski definition) is 1. The fourth-order valence-corrected chi connectivity index (χ4v) is 1.98. The maximum Gasteiger partial charge on any atom is 0.0652 e. The molecule has 88 valence electrons. The van der Waals surface area contributed by atoms with Crippen LogP contribution in [-0.2, 0) is 6.42 Å². The standard InChI is InChI=1S/C13H12Cl2N2/c14-10-4-5-13(12(15)9-10)17-8-6-11-3-1-2-7-16-11/h1-5,7,9,17H,6,8H2. The zero-order valence-electron chi connectivity index (χ0n) is 9.16. The lowest BCUT2D eigenvalue weighted by Crippen LogP contribution is -2.06. The summed E-state index contributed by atoms with van der Waals surface area (Å²) in [6, 6.07) is 11.3. The quantitative estimate of drug-likeness (QED) is 0.904. The van der Waals surface area contributed by atoms with E-state index in [0.29, 0.717) is 10.0 Å². The van der Waals surface area contributed by atoms with Crippen molar-refractivity contribution in [3.63, 3.8) is 0 Å². The van der Waals surface area contributed by atoms with Gasteiger partial charge in [-0.25, -0.2) is 0 Å². The third kappa shape index (κ3) is 3.62. The Kier molecular flexibility index (Phi) is 4.24. The van der Waals surface area contributed by atoms with Crippen LogP contribution in [0.25, 0.3) is 0 Å². The van der Waals surface area contributed by atoms with Crippen molar-refractivity contribution in [2.45, 2.75) is 6.42 Å². The van der Waals surface area contributed by atoms with Gasteiger partial charge in [0.1, 0.15) is 0 Å². The Morgan fingerprint density at radius 3 is 2.71 bits per heavy atom. The van der Waals surface area contributed by atoms with E-state index in [1.807, 2.05) is 30.3 Å². The lowest BCUT2D eigenvalue weighted by atomic mass is 10.2. The molecule has 1 aromatic heterocycles. The number of nitrogens with one attached hydrogen (secondary N) is 1. The van der Waals surface area contributed by atoms with Crippen LogP contribution in [0.2, 0.25) is 10.0 Å². The van der Waals surface area contributed by atoms with E-state index in [9.17, 15) is 0 Å². The normalized spacial score (nSPS) is 10.2. The van der Waals surface area contributed by atoms with E-state index in [4.69, 9.17) is 23.2 Å². The summed E-state index contributed by atoms with van der Waals surface area (Å²) >= 11 is 11.9. The molecule has 0 saturated carbocycles. The molecule has 0 spiro atoms. The van der Waals surface area contributed by atoms with Crippen LogP contribution in [0.4, 0.5) is 5.69 Å². The molecule has 2 aromatic rings. The van der Waals surface area contributed by atoms with E-state index in [1.165, 1.54) is 0 Å². The summed E-state index contributed by atoms with van der Waals surface area (Å²) in [6.45, 7) is 0.790. The summed E-state index contributed by atoms with van der Waals surface area (Å²) < 4.78 is 0. The van der Waals surface area contributed by atoms with E-state index in [0.717, 1.165) is 24.3 Å². The molecule has 0 unspecified atom stereocenters. The first-order chi connectivity index (χ1) is 8.25. The Bertz CT molecular complexity index is 486. The molecule has 0 fully saturated rings. The number of halogens is 2. The van der Waals surface area contributed by atoms with E-state index in [2.05, 4.69) is 10.3 Å². The Morgan fingerprint density at radius 1 is 1.12 bits per heavy atom. The maximum atomic E-state index is 6.05. The number of pyridine rings is 1. The van der Waals surface area contributed by atoms with Crippen molar-refractivity contribution < 1.29 is 0 Å². The summed E-state index contributed by atoms with van der Waals surface area (Å²) in [7, 11) is 0. The van der Waals surface area contributed by atoms with Gasteiger partial charge in [0.05, 0.1) is 10.7 Å². The number of rotatable bonds is 4. The van der Waals surface area contributed by atoms with Crippen LogP contribution in [0.15, 0.2) is 42.6 Å². The van der Waals surface area contributed by atoms with Gasteiger partial charge in [0.2, 0.25) is 0 Å². The molecule has 1 aromatic carbocycles. The molecular weight excluding hydrogens is 255 g/mol. The van der Waals surface area contributed by atoms with Crippen molar-refractivity contribution >= 4 is 28.9 Å². The predicted octanol–water partition coefficient (Wildman–Crippen LogP) is 4.04. The largest absolute Gasteiger partial charge is 0.383 e. The fourth-order valence-electron chi connectivity index (χ4n) is 1.50. The molecule has 0 amide bonds. The molecular formula is C13H12Cl2N2. The Hall–Kier alpha value is -1.25. The monoisotopic (exact) mass is 266 g/mol. The first-order valence-electron chi connectivity index (χ1n) is 5.34. The van der Waals surface area contributed by atoms with Gasteiger partial charge >= 0.3 is 0 Å². The summed E-state index contributed by atoms with van der Waals surface area (Å²) in [5.74, 6) is 0. The average Bonchev–Trinajstić information content (AvgIpc) is 2.33. The second kappa shape index (κ2) is 5.89. The van der Waals surface area contributed by atoms with Crippen LogP contribution in [0, 0.1) is 0 Å². The van der Waals surface area contributed by atoms with E-state index in [1.54, 1.807) is 12.3 Å². The number of aromatic nitrogens is 1. The van der Waals surface area contributed by atoms with Crippen molar-refractivity contribution in [3.05, 3.63) is 58.3 Å². The zero-order valence-corrected chi connectivity index (χ0v) is 10.7. The maximum absolute atomic E-state index is 6.05. The molecule has 0 saturated heterocycles. The van der Waals surface area contributed by atoms with Gasteiger partial charge in [-0.15, -0.1) is 0 Å².